The van der Waals surface area contributed by atoms with Crippen molar-refractivity contribution in [2.24, 2.45) is 5.10 Å². The summed E-state index contributed by atoms with van der Waals surface area (Å²) in [6, 6.07) is 20.1. The smallest absolute Gasteiger partial charge is 0.344 e. The number of carbonyl (C=O) groups excluding carboxylic acids is 2. The number of benzene rings is 3. The zero-order valence-electron chi connectivity index (χ0n) is 18.7. The minimum Gasteiger partial charge on any atom is -0.483 e. The lowest BCUT2D eigenvalue weighted by molar-refractivity contribution is -0.123. The van der Waals surface area contributed by atoms with Crippen LogP contribution in [0.25, 0.3) is 0 Å². The van der Waals surface area contributed by atoms with Crippen LogP contribution in [-0.4, -0.2) is 24.7 Å². The molecule has 0 unspecified atom stereocenters. The van der Waals surface area contributed by atoms with E-state index in [1.165, 1.54) is 6.21 Å². The number of hydrogen-bond donors (Lipinski definition) is 1. The SMILES string of the molecule is Cc1ccc(C(C)C)cc1OCC(=O)NN=Cc1ccc(OC(=O)c2ccccc2I)cc1. The fraction of sp³-hybridized carbons (Fsp3) is 0.192. The van der Waals surface area contributed by atoms with Gasteiger partial charge in [-0.15, -0.1) is 0 Å². The van der Waals surface area contributed by atoms with Crippen LogP contribution in [0.1, 0.15) is 46.8 Å². The third-order valence-electron chi connectivity index (χ3n) is 4.82. The zero-order valence-corrected chi connectivity index (χ0v) is 20.8. The van der Waals surface area contributed by atoms with Gasteiger partial charge in [-0.05, 0) is 94.6 Å². The number of rotatable bonds is 8. The summed E-state index contributed by atoms with van der Waals surface area (Å²) in [5, 5.41) is 3.96. The number of ether oxygens (including phenoxy) is 2. The molecule has 33 heavy (non-hydrogen) atoms. The first kappa shape index (κ1) is 24.4. The van der Waals surface area contributed by atoms with Gasteiger partial charge in [0.1, 0.15) is 11.5 Å². The highest BCUT2D eigenvalue weighted by Crippen LogP contribution is 2.24. The molecule has 170 valence electrons. The fourth-order valence-electron chi connectivity index (χ4n) is 2.90. The van der Waals surface area contributed by atoms with Gasteiger partial charge in [-0.1, -0.05) is 38.1 Å². The first-order valence-electron chi connectivity index (χ1n) is 10.5. The standard InChI is InChI=1S/C26H25IN2O4/c1-17(2)20-11-8-18(3)24(14-20)32-16-25(30)29-28-15-19-9-12-21(13-10-19)33-26(31)22-6-4-5-7-23(22)27/h4-15,17H,16H2,1-3H3,(H,29,30). The molecule has 0 saturated heterocycles. The molecule has 0 spiro atoms. The maximum atomic E-state index is 12.3. The van der Waals surface area contributed by atoms with Gasteiger partial charge in [0.15, 0.2) is 6.61 Å². The Morgan fingerprint density at radius 2 is 1.79 bits per heavy atom. The van der Waals surface area contributed by atoms with Crippen molar-refractivity contribution in [1.29, 1.82) is 0 Å². The van der Waals surface area contributed by atoms with E-state index in [1.54, 1.807) is 36.4 Å². The number of nitrogens with one attached hydrogen (secondary N) is 1. The molecule has 1 N–H and O–H groups in total. The van der Waals surface area contributed by atoms with Crippen LogP contribution in [0.5, 0.6) is 11.5 Å². The van der Waals surface area contributed by atoms with Crippen LogP contribution in [0.15, 0.2) is 71.8 Å². The quantitative estimate of drug-likeness (QED) is 0.131. The van der Waals surface area contributed by atoms with Crippen LogP contribution in [0.2, 0.25) is 0 Å². The van der Waals surface area contributed by atoms with Crippen molar-refractivity contribution in [1.82, 2.24) is 5.43 Å². The molecule has 6 nitrogen and oxygen atoms in total. The molecule has 0 heterocycles. The maximum Gasteiger partial charge on any atom is 0.344 e. The van der Waals surface area contributed by atoms with Gasteiger partial charge in [-0.2, -0.15) is 5.10 Å². The summed E-state index contributed by atoms with van der Waals surface area (Å²) >= 11 is 2.10. The number of amides is 1. The van der Waals surface area contributed by atoms with Gasteiger partial charge in [-0.3, -0.25) is 4.79 Å². The number of hydrogen-bond acceptors (Lipinski definition) is 5. The lowest BCUT2D eigenvalue weighted by atomic mass is 10.0. The lowest BCUT2D eigenvalue weighted by Crippen LogP contribution is -2.24. The van der Waals surface area contributed by atoms with Crippen LogP contribution in [-0.2, 0) is 4.79 Å². The molecule has 0 aliphatic carbocycles. The highest BCUT2D eigenvalue weighted by Gasteiger charge is 2.11. The van der Waals surface area contributed by atoms with Crippen molar-refractivity contribution >= 4 is 40.7 Å². The molecule has 0 atom stereocenters. The Hall–Kier alpha value is -3.20. The first-order chi connectivity index (χ1) is 15.8. The van der Waals surface area contributed by atoms with E-state index in [0.717, 1.165) is 20.3 Å². The minimum atomic E-state index is -0.414. The van der Waals surface area contributed by atoms with Crippen molar-refractivity contribution in [3.63, 3.8) is 0 Å². The van der Waals surface area contributed by atoms with Crippen molar-refractivity contribution in [3.05, 3.63) is 92.6 Å². The Balaban J connectivity index is 1.49. The summed E-state index contributed by atoms with van der Waals surface area (Å²) < 4.78 is 11.9. The third kappa shape index (κ3) is 7.15. The van der Waals surface area contributed by atoms with Crippen LogP contribution in [0, 0.1) is 10.5 Å². The zero-order chi connectivity index (χ0) is 23.8. The number of aryl methyl sites for hydroxylation is 1. The van der Waals surface area contributed by atoms with Crippen LogP contribution in [0.3, 0.4) is 0 Å². The number of nitrogens with zero attached hydrogens (tertiary/aromatic N) is 1. The Kier molecular flexibility index (Phi) is 8.59. The number of esters is 1. The molecule has 0 aliphatic heterocycles. The normalized spacial score (nSPS) is 10.9. The Labute approximate surface area is 207 Å². The van der Waals surface area contributed by atoms with Crippen molar-refractivity contribution in [2.45, 2.75) is 26.7 Å². The molecule has 0 radical (unpaired) electrons. The molecule has 3 rings (SSSR count). The average Bonchev–Trinajstić information content (AvgIpc) is 2.79. The molecule has 0 aromatic heterocycles. The topological polar surface area (TPSA) is 77.0 Å². The van der Waals surface area contributed by atoms with Gasteiger partial charge in [0.2, 0.25) is 0 Å². The van der Waals surface area contributed by atoms with Gasteiger partial charge in [0.25, 0.3) is 5.91 Å². The van der Waals surface area contributed by atoms with Crippen LogP contribution in [0.4, 0.5) is 0 Å². The van der Waals surface area contributed by atoms with E-state index in [2.05, 4.69) is 53.0 Å². The Morgan fingerprint density at radius 3 is 2.48 bits per heavy atom. The molecular weight excluding hydrogens is 531 g/mol. The summed E-state index contributed by atoms with van der Waals surface area (Å²) in [6.07, 6.45) is 1.51. The monoisotopic (exact) mass is 556 g/mol. The summed E-state index contributed by atoms with van der Waals surface area (Å²) in [7, 11) is 0. The second-order valence-electron chi connectivity index (χ2n) is 7.70. The van der Waals surface area contributed by atoms with Gasteiger partial charge in [0.05, 0.1) is 11.8 Å². The van der Waals surface area contributed by atoms with Crippen molar-refractivity contribution < 1.29 is 19.1 Å². The van der Waals surface area contributed by atoms with Crippen molar-refractivity contribution in [2.75, 3.05) is 6.61 Å². The summed E-state index contributed by atoms with van der Waals surface area (Å²) in [5.74, 6) is 0.721. The number of carbonyl (C=O) groups is 2. The van der Waals surface area contributed by atoms with Gasteiger partial charge >= 0.3 is 5.97 Å². The molecule has 3 aromatic carbocycles. The van der Waals surface area contributed by atoms with E-state index < -0.39 is 5.97 Å². The first-order valence-corrected chi connectivity index (χ1v) is 11.5. The van der Waals surface area contributed by atoms with E-state index >= 15 is 0 Å². The number of halogens is 1. The molecule has 7 heteroatoms. The van der Waals surface area contributed by atoms with E-state index in [1.807, 2.05) is 31.2 Å². The maximum absolute atomic E-state index is 12.3. The lowest BCUT2D eigenvalue weighted by Gasteiger charge is -2.12. The molecule has 0 saturated carbocycles. The Bertz CT molecular complexity index is 1160. The van der Waals surface area contributed by atoms with Gasteiger partial charge in [-0.25, -0.2) is 10.2 Å². The highest BCUT2D eigenvalue weighted by molar-refractivity contribution is 14.1. The fourth-order valence-corrected chi connectivity index (χ4v) is 3.50. The molecule has 3 aromatic rings. The summed E-state index contributed by atoms with van der Waals surface area (Å²) in [6.45, 7) is 6.02. The summed E-state index contributed by atoms with van der Waals surface area (Å²) in [5.41, 5.74) is 5.83. The minimum absolute atomic E-state index is 0.132. The largest absolute Gasteiger partial charge is 0.483 e. The molecule has 1 amide bonds. The summed E-state index contributed by atoms with van der Waals surface area (Å²) in [4.78, 5) is 24.4. The predicted molar refractivity (Wildman–Crippen MR) is 137 cm³/mol. The predicted octanol–water partition coefficient (Wildman–Crippen LogP) is 5.47. The molecular formula is C26H25IN2O4. The molecule has 0 bridgehead atoms. The van der Waals surface area contributed by atoms with E-state index in [9.17, 15) is 9.59 Å². The molecule has 0 aliphatic rings. The highest BCUT2D eigenvalue weighted by atomic mass is 127. The average molecular weight is 556 g/mol. The van der Waals surface area contributed by atoms with Gasteiger partial charge < -0.3 is 9.47 Å². The van der Waals surface area contributed by atoms with Crippen molar-refractivity contribution in [3.8, 4) is 11.5 Å². The molecule has 0 fully saturated rings. The van der Waals surface area contributed by atoms with E-state index in [4.69, 9.17) is 9.47 Å². The van der Waals surface area contributed by atoms with Crippen LogP contribution >= 0.6 is 22.6 Å². The third-order valence-corrected chi connectivity index (χ3v) is 5.77. The second-order valence-corrected chi connectivity index (χ2v) is 8.86. The van der Waals surface area contributed by atoms with E-state index in [0.29, 0.717) is 23.0 Å². The van der Waals surface area contributed by atoms with Gasteiger partial charge in [0, 0.05) is 3.57 Å². The van der Waals surface area contributed by atoms with E-state index in [-0.39, 0.29) is 12.5 Å². The number of hydrazone groups is 1. The second kappa shape index (κ2) is 11.6. The Morgan fingerprint density at radius 1 is 1.06 bits per heavy atom. The van der Waals surface area contributed by atoms with Crippen LogP contribution < -0.4 is 14.9 Å².